The quantitative estimate of drug-likeness (QED) is 0.179. The molecule has 8 aromatic carbocycles. The number of nitriles is 1. The highest BCUT2D eigenvalue weighted by atomic mass is 15.0. The van der Waals surface area contributed by atoms with Crippen LogP contribution in [0.4, 0.5) is 0 Å². The molecule has 10 rings (SSSR count). The molecule has 262 valence electrons. The number of rotatable bonds is 4. The van der Waals surface area contributed by atoms with Crippen LogP contribution in [0.1, 0.15) is 22.3 Å². The molecule has 1 aliphatic rings. The lowest BCUT2D eigenvalue weighted by Gasteiger charge is -2.19. The van der Waals surface area contributed by atoms with Gasteiger partial charge >= 0.3 is 0 Å². The molecule has 0 aliphatic heterocycles. The van der Waals surface area contributed by atoms with Crippen molar-refractivity contribution in [2.75, 3.05) is 0 Å². The van der Waals surface area contributed by atoms with Gasteiger partial charge in [-0.15, -0.1) is 0 Å². The van der Waals surface area contributed by atoms with E-state index >= 15 is 0 Å². The van der Waals surface area contributed by atoms with Crippen LogP contribution < -0.4 is 0 Å². The van der Waals surface area contributed by atoms with Crippen molar-refractivity contribution in [3.8, 4) is 34.0 Å². The molecule has 0 spiro atoms. The topological polar surface area (TPSA) is 28.7 Å². The van der Waals surface area contributed by atoms with Gasteiger partial charge in [-0.3, -0.25) is 0 Å². The molecule has 56 heavy (non-hydrogen) atoms. The highest BCUT2D eigenvalue weighted by Gasteiger charge is 2.19. The van der Waals surface area contributed by atoms with Gasteiger partial charge in [0.25, 0.3) is 0 Å². The van der Waals surface area contributed by atoms with E-state index in [1.54, 1.807) is 0 Å². The number of para-hydroxylation sites is 1. The number of nitrogens with zero attached hydrogens (tertiary/aromatic N) is 2. The van der Waals surface area contributed by atoms with E-state index in [0.717, 1.165) is 61.8 Å². The van der Waals surface area contributed by atoms with Crippen LogP contribution in [0.15, 0.2) is 200 Å². The van der Waals surface area contributed by atoms with Gasteiger partial charge in [0, 0.05) is 16.5 Å². The molecule has 0 saturated heterocycles. The predicted octanol–water partition coefficient (Wildman–Crippen LogP) is 14.1. The molecule has 0 saturated carbocycles. The fraction of sp³-hybridized carbons (Fsp3) is 0.0185. The summed E-state index contributed by atoms with van der Waals surface area (Å²) >= 11 is 0. The van der Waals surface area contributed by atoms with E-state index in [1.165, 1.54) is 43.8 Å². The number of aromatic nitrogens is 1. The summed E-state index contributed by atoms with van der Waals surface area (Å²) < 4.78 is 2.29. The summed E-state index contributed by atoms with van der Waals surface area (Å²) in [5, 5.41) is 16.8. The molecule has 0 bridgehead atoms. The van der Waals surface area contributed by atoms with Crippen molar-refractivity contribution in [3.63, 3.8) is 0 Å². The minimum absolute atomic E-state index is 0.652. The number of allylic oxidation sites excluding steroid dienone is 6. The fourth-order valence-corrected chi connectivity index (χ4v) is 8.58. The largest absolute Gasteiger partial charge is 0.309 e. The van der Waals surface area contributed by atoms with E-state index in [2.05, 4.69) is 193 Å². The van der Waals surface area contributed by atoms with Crippen LogP contribution in [0.25, 0.3) is 82.9 Å². The van der Waals surface area contributed by atoms with E-state index in [9.17, 15) is 5.26 Å². The Hall–Kier alpha value is -7.47. The Morgan fingerprint density at radius 3 is 1.89 bits per heavy atom. The standard InChI is InChI=1S/C54H36N2/c1-36-15-5-2-8-18-39-32-49(38-16-6-3-7-17-38)45-23-13-14-24-46(45)50(39)34-48(36)47-28-27-42(43-21-11-12-22-44(43)47)40-26-30-54-52(33-40)51-31-37(35-55)25-29-53(51)56(54)41-19-9-4-10-20-41/h2-17,19-34H,1,18H2/b8-2-,15-5-,48-34?. The van der Waals surface area contributed by atoms with E-state index in [1.807, 2.05) is 18.2 Å². The molecule has 1 aromatic heterocycles. The van der Waals surface area contributed by atoms with Crippen molar-refractivity contribution >= 4 is 55.0 Å². The van der Waals surface area contributed by atoms with Gasteiger partial charge in [0.05, 0.1) is 22.7 Å². The maximum absolute atomic E-state index is 9.85. The molecular formula is C54H36N2. The monoisotopic (exact) mass is 712 g/mol. The number of benzene rings is 8. The van der Waals surface area contributed by atoms with Crippen molar-refractivity contribution in [3.05, 3.63) is 223 Å². The summed E-state index contributed by atoms with van der Waals surface area (Å²) in [6.07, 6.45) is 11.8. The summed E-state index contributed by atoms with van der Waals surface area (Å²) in [4.78, 5) is 0. The van der Waals surface area contributed by atoms with E-state index in [-0.39, 0.29) is 0 Å². The Balaban J connectivity index is 1.18. The number of hydrogen-bond acceptors (Lipinski definition) is 1. The van der Waals surface area contributed by atoms with Gasteiger partial charge in [-0.2, -0.15) is 5.26 Å². The summed E-state index contributed by atoms with van der Waals surface area (Å²) in [5.74, 6) is 0. The third-order valence-electron chi connectivity index (χ3n) is 11.2. The maximum atomic E-state index is 9.85. The Bertz CT molecular complexity index is 3170. The summed E-state index contributed by atoms with van der Waals surface area (Å²) in [6.45, 7) is 4.64. The van der Waals surface area contributed by atoms with Gasteiger partial charge in [0.15, 0.2) is 0 Å². The van der Waals surface area contributed by atoms with Gasteiger partial charge in [-0.1, -0.05) is 146 Å². The molecule has 0 unspecified atom stereocenters. The van der Waals surface area contributed by atoms with Crippen molar-refractivity contribution in [1.82, 2.24) is 4.57 Å². The predicted molar refractivity (Wildman–Crippen MR) is 237 cm³/mol. The smallest absolute Gasteiger partial charge is 0.0991 e. The first kappa shape index (κ1) is 33.1. The molecule has 0 fully saturated rings. The average molecular weight is 713 g/mol. The second-order valence-electron chi connectivity index (χ2n) is 14.4. The van der Waals surface area contributed by atoms with Crippen LogP contribution in [-0.4, -0.2) is 4.57 Å². The van der Waals surface area contributed by atoms with Crippen molar-refractivity contribution < 1.29 is 0 Å². The molecule has 9 aromatic rings. The lowest BCUT2D eigenvalue weighted by Crippen LogP contribution is -1.97. The minimum atomic E-state index is 0.652. The zero-order valence-electron chi connectivity index (χ0n) is 30.8. The number of fused-ring (bicyclic) bond motifs is 7. The fourth-order valence-electron chi connectivity index (χ4n) is 8.58. The van der Waals surface area contributed by atoms with E-state index in [0.29, 0.717) is 5.56 Å². The summed E-state index contributed by atoms with van der Waals surface area (Å²) in [7, 11) is 0. The molecule has 2 heteroatoms. The molecule has 2 nitrogen and oxygen atoms in total. The highest BCUT2D eigenvalue weighted by Crippen LogP contribution is 2.42. The minimum Gasteiger partial charge on any atom is -0.309 e. The number of hydrogen-bond donors (Lipinski definition) is 0. The molecule has 0 radical (unpaired) electrons. The second kappa shape index (κ2) is 13.7. The Kier molecular flexibility index (Phi) is 8.13. The first-order valence-corrected chi connectivity index (χ1v) is 19.1. The molecule has 0 N–H and O–H groups in total. The molecule has 0 atom stereocenters. The lowest BCUT2D eigenvalue weighted by atomic mass is 9.85. The Morgan fingerprint density at radius 2 is 1.14 bits per heavy atom. The van der Waals surface area contributed by atoms with E-state index in [4.69, 9.17) is 0 Å². The third kappa shape index (κ3) is 5.58. The Labute approximate surface area is 326 Å². The van der Waals surface area contributed by atoms with Crippen molar-refractivity contribution in [2.45, 2.75) is 6.42 Å². The zero-order chi connectivity index (χ0) is 37.6. The van der Waals surface area contributed by atoms with E-state index < -0.39 is 0 Å². The average Bonchev–Trinajstić information content (AvgIpc) is 3.58. The van der Waals surface area contributed by atoms with Crippen molar-refractivity contribution in [2.24, 2.45) is 0 Å². The van der Waals surface area contributed by atoms with Gasteiger partial charge in [-0.25, -0.2) is 0 Å². The van der Waals surface area contributed by atoms with Crippen molar-refractivity contribution in [1.29, 1.82) is 5.26 Å². The van der Waals surface area contributed by atoms with Gasteiger partial charge in [0.1, 0.15) is 0 Å². The van der Waals surface area contributed by atoms with Crippen LogP contribution in [0.3, 0.4) is 0 Å². The lowest BCUT2D eigenvalue weighted by molar-refractivity contribution is 1.18. The SMILES string of the molecule is C=C1/C=C\C=C/Cc2cc(-c3ccccc3)c3ccccc3c2C=C1c1ccc(-c2ccc3c(c2)c2cc(C#N)ccc2n3-c2ccccc2)c2ccccc12. The summed E-state index contributed by atoms with van der Waals surface area (Å²) in [5.41, 5.74) is 14.4. The van der Waals surface area contributed by atoms with Crippen LogP contribution in [0.5, 0.6) is 0 Å². The van der Waals surface area contributed by atoms with Crippen LogP contribution in [0.2, 0.25) is 0 Å². The molecule has 1 heterocycles. The van der Waals surface area contributed by atoms with Crippen LogP contribution >= 0.6 is 0 Å². The van der Waals surface area contributed by atoms with Gasteiger partial charge < -0.3 is 4.57 Å². The first-order chi connectivity index (χ1) is 27.7. The van der Waals surface area contributed by atoms with Gasteiger partial charge in [0.2, 0.25) is 0 Å². The normalized spacial score (nSPS) is 14.1. The Morgan fingerprint density at radius 1 is 0.518 bits per heavy atom. The zero-order valence-corrected chi connectivity index (χ0v) is 30.8. The second-order valence-corrected chi connectivity index (χ2v) is 14.4. The maximum Gasteiger partial charge on any atom is 0.0991 e. The first-order valence-electron chi connectivity index (χ1n) is 19.1. The summed E-state index contributed by atoms with van der Waals surface area (Å²) in [6, 6.07) is 60.7. The molecular weight excluding hydrogens is 677 g/mol. The third-order valence-corrected chi connectivity index (χ3v) is 11.2. The van der Waals surface area contributed by atoms with Crippen LogP contribution in [-0.2, 0) is 6.42 Å². The molecule has 1 aliphatic carbocycles. The molecule has 0 amide bonds. The van der Waals surface area contributed by atoms with Gasteiger partial charge in [-0.05, 0) is 133 Å². The van der Waals surface area contributed by atoms with Crippen LogP contribution in [0, 0.1) is 11.3 Å². The highest BCUT2D eigenvalue weighted by molar-refractivity contribution is 6.14.